The number of hydrogen-bond acceptors (Lipinski definition) is 3. The van der Waals surface area contributed by atoms with Crippen LogP contribution in [0.15, 0.2) is 47.4 Å². The van der Waals surface area contributed by atoms with Crippen LogP contribution in [0.1, 0.15) is 27.9 Å². The van der Waals surface area contributed by atoms with E-state index in [0.717, 1.165) is 27.3 Å². The van der Waals surface area contributed by atoms with E-state index in [9.17, 15) is 9.59 Å². The molecule has 3 nitrogen and oxygen atoms in total. The van der Waals surface area contributed by atoms with Crippen molar-refractivity contribution in [2.24, 2.45) is 0 Å². The summed E-state index contributed by atoms with van der Waals surface area (Å²) in [4.78, 5) is 28.2. The molecule has 2 aromatic rings. The number of hydrogen-bond donors (Lipinski definition) is 0. The van der Waals surface area contributed by atoms with Gasteiger partial charge in [-0.25, -0.2) is 0 Å². The van der Waals surface area contributed by atoms with E-state index in [2.05, 4.69) is 0 Å². The normalized spacial score (nSPS) is 22.9. The van der Waals surface area contributed by atoms with Gasteiger partial charge < -0.3 is 4.90 Å². The molecule has 0 aromatic heterocycles. The van der Waals surface area contributed by atoms with E-state index in [0.29, 0.717) is 0 Å². The number of thioether (sulfide) groups is 1. The quantitative estimate of drug-likeness (QED) is 0.747. The molecule has 0 saturated carbocycles. The zero-order chi connectivity index (χ0) is 15.5. The highest BCUT2D eigenvalue weighted by atomic mass is 32.2. The highest BCUT2D eigenvalue weighted by Crippen LogP contribution is 2.56. The Morgan fingerprint density at radius 2 is 1.91 bits per heavy atom. The highest BCUT2D eigenvalue weighted by Gasteiger charge is 2.54. The number of carbonyl (C=O) groups excluding carboxylic acids is 2. The predicted octanol–water partition coefficient (Wildman–Crippen LogP) is 3.55. The molecule has 2 heterocycles. The summed E-state index contributed by atoms with van der Waals surface area (Å²) in [5.74, 6) is 0.0476. The fraction of sp³-hybridized carbons (Fsp3) is 0.222. The van der Waals surface area contributed by atoms with Crippen LogP contribution in [-0.2, 0) is 9.54 Å². The molecule has 0 fully saturated rings. The summed E-state index contributed by atoms with van der Waals surface area (Å²) >= 11 is 1.53. The minimum Gasteiger partial charge on any atom is -0.314 e. The number of para-hydroxylation sites is 1. The van der Waals surface area contributed by atoms with Crippen LogP contribution in [-0.4, -0.2) is 18.7 Å². The first-order valence-electron chi connectivity index (χ1n) is 7.23. The van der Waals surface area contributed by atoms with Gasteiger partial charge in [0.1, 0.15) is 4.75 Å². The summed E-state index contributed by atoms with van der Waals surface area (Å²) in [6.07, 6.45) is 0.230. The number of fused-ring (bicyclic) bond motifs is 3. The van der Waals surface area contributed by atoms with Crippen LogP contribution in [0, 0.1) is 6.92 Å². The van der Waals surface area contributed by atoms with Crippen molar-refractivity contribution in [2.75, 3.05) is 11.9 Å². The molecule has 1 spiro atoms. The highest BCUT2D eigenvalue weighted by molar-refractivity contribution is 8.01. The number of likely N-dealkylation sites (N-methyl/N-ethyl adjacent to an activating group) is 1. The van der Waals surface area contributed by atoms with Gasteiger partial charge in [-0.2, -0.15) is 0 Å². The Bertz CT molecular complexity index is 830. The van der Waals surface area contributed by atoms with Crippen molar-refractivity contribution in [3.63, 3.8) is 0 Å². The lowest BCUT2D eigenvalue weighted by atomic mass is 9.90. The molecule has 110 valence electrons. The molecular weight excluding hydrogens is 294 g/mol. The largest absolute Gasteiger partial charge is 0.314 e. The van der Waals surface area contributed by atoms with Crippen molar-refractivity contribution in [1.82, 2.24) is 0 Å². The van der Waals surface area contributed by atoms with Crippen molar-refractivity contribution in [2.45, 2.75) is 23.0 Å². The molecule has 0 N–H and O–H groups in total. The predicted molar refractivity (Wildman–Crippen MR) is 87.5 cm³/mol. The Balaban J connectivity index is 1.94. The van der Waals surface area contributed by atoms with Crippen LogP contribution in [0.5, 0.6) is 0 Å². The maximum absolute atomic E-state index is 12.9. The molecule has 2 aliphatic heterocycles. The van der Waals surface area contributed by atoms with Gasteiger partial charge in [0.2, 0.25) is 5.91 Å². The lowest BCUT2D eigenvalue weighted by Crippen LogP contribution is -2.39. The average Bonchev–Trinajstić information content (AvgIpc) is 2.70. The van der Waals surface area contributed by atoms with Crippen molar-refractivity contribution < 1.29 is 9.59 Å². The third-order valence-corrected chi connectivity index (χ3v) is 5.93. The number of carbonyl (C=O) groups is 2. The molecule has 4 rings (SSSR count). The van der Waals surface area contributed by atoms with Crippen molar-refractivity contribution in [3.05, 3.63) is 59.2 Å². The van der Waals surface area contributed by atoms with Gasteiger partial charge in [-0.05, 0) is 24.6 Å². The molecule has 0 bridgehead atoms. The van der Waals surface area contributed by atoms with E-state index in [1.807, 2.05) is 49.4 Å². The standard InChI is InChI=1S/C18H15NO2S/c1-11-7-8-12-15(20)10-18(22-16(12)9-11)13-5-3-4-6-14(13)19(2)17(18)21/h3-9H,10H2,1-2H3. The van der Waals surface area contributed by atoms with Crippen molar-refractivity contribution in [3.8, 4) is 0 Å². The van der Waals surface area contributed by atoms with Crippen LogP contribution >= 0.6 is 11.8 Å². The zero-order valence-electron chi connectivity index (χ0n) is 12.4. The summed E-state index contributed by atoms with van der Waals surface area (Å²) in [7, 11) is 1.78. The fourth-order valence-corrected chi connectivity index (χ4v) is 4.98. The summed E-state index contributed by atoms with van der Waals surface area (Å²) in [5.41, 5.74) is 3.70. The first kappa shape index (κ1) is 13.6. The number of rotatable bonds is 0. The van der Waals surface area contributed by atoms with E-state index >= 15 is 0 Å². The average molecular weight is 309 g/mol. The van der Waals surface area contributed by atoms with Crippen LogP contribution in [0.2, 0.25) is 0 Å². The molecular formula is C18H15NO2S. The van der Waals surface area contributed by atoms with E-state index in [1.165, 1.54) is 11.8 Å². The lowest BCUT2D eigenvalue weighted by Gasteiger charge is -2.32. The number of amides is 1. The molecule has 22 heavy (non-hydrogen) atoms. The van der Waals surface area contributed by atoms with Crippen LogP contribution in [0.3, 0.4) is 0 Å². The van der Waals surface area contributed by atoms with Crippen LogP contribution < -0.4 is 4.90 Å². The Morgan fingerprint density at radius 1 is 1.14 bits per heavy atom. The van der Waals surface area contributed by atoms with Crippen molar-refractivity contribution in [1.29, 1.82) is 0 Å². The summed E-state index contributed by atoms with van der Waals surface area (Å²) in [6.45, 7) is 2.00. The number of anilines is 1. The molecule has 0 radical (unpaired) electrons. The Labute approximate surface area is 133 Å². The number of aryl methyl sites for hydroxylation is 1. The minimum absolute atomic E-state index is 0.000735. The van der Waals surface area contributed by atoms with Gasteiger partial charge in [-0.3, -0.25) is 9.59 Å². The van der Waals surface area contributed by atoms with Gasteiger partial charge in [0, 0.05) is 35.2 Å². The first-order chi connectivity index (χ1) is 10.5. The Kier molecular flexibility index (Phi) is 2.76. The molecule has 1 atom stereocenters. The van der Waals surface area contributed by atoms with E-state index in [-0.39, 0.29) is 18.1 Å². The van der Waals surface area contributed by atoms with Gasteiger partial charge in [-0.1, -0.05) is 30.3 Å². The lowest BCUT2D eigenvalue weighted by molar-refractivity contribution is -0.120. The SMILES string of the molecule is Cc1ccc2c(c1)SC1(CC2=O)C(=O)N(C)c2ccccc21. The van der Waals surface area contributed by atoms with E-state index in [1.54, 1.807) is 11.9 Å². The number of benzene rings is 2. The second kappa shape index (κ2) is 4.46. The third kappa shape index (κ3) is 1.64. The molecule has 1 amide bonds. The fourth-order valence-electron chi connectivity index (χ4n) is 3.36. The molecule has 0 aliphatic carbocycles. The topological polar surface area (TPSA) is 37.4 Å². The van der Waals surface area contributed by atoms with Crippen LogP contribution in [0.25, 0.3) is 0 Å². The monoisotopic (exact) mass is 309 g/mol. The number of Topliss-reactive ketones (excluding diaryl/α,β-unsaturated/α-hetero) is 1. The van der Waals surface area contributed by atoms with Gasteiger partial charge in [0.05, 0.1) is 0 Å². The molecule has 2 aliphatic rings. The van der Waals surface area contributed by atoms with Gasteiger partial charge >= 0.3 is 0 Å². The summed E-state index contributed by atoms with van der Waals surface area (Å²) in [6, 6.07) is 13.6. The zero-order valence-corrected chi connectivity index (χ0v) is 13.2. The summed E-state index contributed by atoms with van der Waals surface area (Å²) < 4.78 is -0.802. The molecule has 4 heteroatoms. The van der Waals surface area contributed by atoms with Gasteiger partial charge in [0.15, 0.2) is 5.78 Å². The maximum Gasteiger partial charge on any atom is 0.248 e. The number of ketones is 1. The van der Waals surface area contributed by atoms with E-state index < -0.39 is 4.75 Å². The second-order valence-corrected chi connectivity index (χ2v) is 7.25. The molecule has 0 saturated heterocycles. The maximum atomic E-state index is 12.9. The van der Waals surface area contributed by atoms with E-state index in [4.69, 9.17) is 0 Å². The van der Waals surface area contributed by atoms with Gasteiger partial charge in [-0.15, -0.1) is 11.8 Å². The number of nitrogens with zero attached hydrogens (tertiary/aromatic N) is 1. The Morgan fingerprint density at radius 3 is 2.73 bits per heavy atom. The Hall–Kier alpha value is -2.07. The minimum atomic E-state index is -0.802. The van der Waals surface area contributed by atoms with Gasteiger partial charge in [0.25, 0.3) is 0 Å². The second-order valence-electron chi connectivity index (χ2n) is 5.91. The summed E-state index contributed by atoms with van der Waals surface area (Å²) in [5, 5.41) is 0. The first-order valence-corrected chi connectivity index (χ1v) is 8.05. The smallest absolute Gasteiger partial charge is 0.248 e. The van der Waals surface area contributed by atoms with Crippen molar-refractivity contribution >= 4 is 29.1 Å². The molecule has 2 aromatic carbocycles. The third-order valence-electron chi connectivity index (χ3n) is 4.48. The van der Waals surface area contributed by atoms with Crippen LogP contribution in [0.4, 0.5) is 5.69 Å². The molecule has 1 unspecified atom stereocenters.